The van der Waals surface area contributed by atoms with Gasteiger partial charge in [-0.05, 0) is 48.9 Å². The zero-order chi connectivity index (χ0) is 22.8. The van der Waals surface area contributed by atoms with Gasteiger partial charge in [-0.1, -0.05) is 18.2 Å². The Hall–Kier alpha value is -4.07. The van der Waals surface area contributed by atoms with Crippen LogP contribution in [0.5, 0.6) is 11.5 Å². The molecule has 3 amide bonds. The highest BCUT2D eigenvalue weighted by Gasteiger charge is 2.27. The van der Waals surface area contributed by atoms with Crippen molar-refractivity contribution in [1.29, 1.82) is 0 Å². The number of nitrogens with one attached hydrogen (secondary N) is 1. The summed E-state index contributed by atoms with van der Waals surface area (Å²) in [4.78, 5) is 29.0. The SMILES string of the molecule is O=C(Nc1ccc2c(c1)OCO2)c1ccc(N2CCCN(Cc3ccccc3F)C2=O)cc1. The average molecular weight is 447 g/mol. The molecule has 2 aliphatic heterocycles. The van der Waals surface area contributed by atoms with Crippen LogP contribution in [0.1, 0.15) is 22.3 Å². The third kappa shape index (κ3) is 4.32. The first kappa shape index (κ1) is 20.8. The fourth-order valence-electron chi connectivity index (χ4n) is 3.97. The van der Waals surface area contributed by atoms with Crippen LogP contribution in [0, 0.1) is 5.82 Å². The Morgan fingerprint density at radius 2 is 1.76 bits per heavy atom. The maximum Gasteiger partial charge on any atom is 0.324 e. The topological polar surface area (TPSA) is 71.1 Å². The van der Waals surface area contributed by atoms with Crippen LogP contribution in [0.15, 0.2) is 66.7 Å². The van der Waals surface area contributed by atoms with Crippen molar-refractivity contribution in [2.75, 3.05) is 30.1 Å². The number of urea groups is 1. The Balaban J connectivity index is 1.26. The van der Waals surface area contributed by atoms with Gasteiger partial charge < -0.3 is 19.7 Å². The molecule has 33 heavy (non-hydrogen) atoms. The molecule has 3 aromatic carbocycles. The van der Waals surface area contributed by atoms with E-state index in [0.717, 1.165) is 6.42 Å². The van der Waals surface area contributed by atoms with Gasteiger partial charge in [-0.15, -0.1) is 0 Å². The summed E-state index contributed by atoms with van der Waals surface area (Å²) >= 11 is 0. The summed E-state index contributed by atoms with van der Waals surface area (Å²) in [6.45, 7) is 1.52. The third-order valence-electron chi connectivity index (χ3n) is 5.70. The van der Waals surface area contributed by atoms with Crippen LogP contribution in [-0.2, 0) is 6.54 Å². The van der Waals surface area contributed by atoms with Crippen LogP contribution < -0.4 is 19.7 Å². The van der Waals surface area contributed by atoms with Gasteiger partial charge in [-0.25, -0.2) is 9.18 Å². The number of benzene rings is 3. The molecule has 2 aliphatic rings. The number of hydrogen-bond donors (Lipinski definition) is 1. The number of anilines is 2. The van der Waals surface area contributed by atoms with E-state index in [4.69, 9.17) is 9.47 Å². The minimum Gasteiger partial charge on any atom is -0.454 e. The summed E-state index contributed by atoms with van der Waals surface area (Å²) in [5.41, 5.74) is 2.24. The molecule has 0 bridgehead atoms. The maximum atomic E-state index is 14.0. The van der Waals surface area contributed by atoms with E-state index in [1.54, 1.807) is 70.5 Å². The molecule has 168 valence electrons. The van der Waals surface area contributed by atoms with E-state index in [0.29, 0.717) is 47.1 Å². The summed E-state index contributed by atoms with van der Waals surface area (Å²) in [6, 6.07) is 18.4. The molecule has 8 heteroatoms. The number of carbonyl (C=O) groups is 2. The summed E-state index contributed by atoms with van der Waals surface area (Å²) in [5, 5.41) is 2.84. The molecule has 2 heterocycles. The monoisotopic (exact) mass is 447 g/mol. The van der Waals surface area contributed by atoms with Gasteiger partial charge in [0.15, 0.2) is 11.5 Å². The maximum absolute atomic E-state index is 14.0. The van der Waals surface area contributed by atoms with E-state index < -0.39 is 0 Å². The van der Waals surface area contributed by atoms with Gasteiger partial charge in [0, 0.05) is 41.7 Å². The second-order valence-electron chi connectivity index (χ2n) is 7.87. The number of amides is 3. The van der Waals surface area contributed by atoms with Gasteiger partial charge in [0.25, 0.3) is 5.91 Å². The largest absolute Gasteiger partial charge is 0.454 e. The average Bonchev–Trinajstić information content (AvgIpc) is 3.30. The standard InChI is InChI=1S/C25H22FN3O4/c26-21-5-2-1-4-18(21)15-28-12-3-13-29(25(28)31)20-9-6-17(7-10-20)24(30)27-19-8-11-22-23(14-19)33-16-32-22/h1-2,4-11,14H,3,12-13,15-16H2,(H,27,30). The summed E-state index contributed by atoms with van der Waals surface area (Å²) in [6.07, 6.45) is 0.770. The van der Waals surface area contributed by atoms with Crippen molar-refractivity contribution in [2.45, 2.75) is 13.0 Å². The highest BCUT2D eigenvalue weighted by molar-refractivity contribution is 6.05. The molecular weight excluding hydrogens is 425 g/mol. The van der Waals surface area contributed by atoms with Crippen molar-refractivity contribution >= 4 is 23.3 Å². The van der Waals surface area contributed by atoms with Crippen molar-refractivity contribution in [2.24, 2.45) is 0 Å². The van der Waals surface area contributed by atoms with E-state index in [9.17, 15) is 14.0 Å². The first-order valence-corrected chi connectivity index (χ1v) is 10.7. The van der Waals surface area contributed by atoms with E-state index in [1.165, 1.54) is 6.07 Å². The number of carbonyl (C=O) groups excluding carboxylic acids is 2. The van der Waals surface area contributed by atoms with Crippen molar-refractivity contribution in [3.63, 3.8) is 0 Å². The fraction of sp³-hybridized carbons (Fsp3) is 0.200. The summed E-state index contributed by atoms with van der Waals surface area (Å²) < 4.78 is 24.6. The van der Waals surface area contributed by atoms with Crippen LogP contribution in [0.25, 0.3) is 0 Å². The molecule has 3 aromatic rings. The van der Waals surface area contributed by atoms with Gasteiger partial charge >= 0.3 is 6.03 Å². The molecule has 5 rings (SSSR count). The van der Waals surface area contributed by atoms with E-state index in [2.05, 4.69) is 5.32 Å². The Morgan fingerprint density at radius 3 is 2.58 bits per heavy atom. The van der Waals surface area contributed by atoms with Crippen molar-refractivity contribution < 1.29 is 23.5 Å². The summed E-state index contributed by atoms with van der Waals surface area (Å²) in [7, 11) is 0. The van der Waals surface area contributed by atoms with Crippen LogP contribution >= 0.6 is 0 Å². The van der Waals surface area contributed by atoms with Crippen LogP contribution in [0.3, 0.4) is 0 Å². The van der Waals surface area contributed by atoms with Gasteiger partial charge in [0.05, 0.1) is 6.54 Å². The van der Waals surface area contributed by atoms with E-state index >= 15 is 0 Å². The lowest BCUT2D eigenvalue weighted by atomic mass is 10.1. The highest BCUT2D eigenvalue weighted by Crippen LogP contribution is 2.34. The fourth-order valence-corrected chi connectivity index (χ4v) is 3.97. The lowest BCUT2D eigenvalue weighted by molar-refractivity contribution is 0.102. The van der Waals surface area contributed by atoms with Crippen LogP contribution in [0.2, 0.25) is 0 Å². The minimum absolute atomic E-state index is 0.168. The molecule has 1 N–H and O–H groups in total. The van der Waals surface area contributed by atoms with Crippen molar-refractivity contribution in [1.82, 2.24) is 4.90 Å². The normalized spacial score (nSPS) is 15.0. The highest BCUT2D eigenvalue weighted by atomic mass is 19.1. The second-order valence-corrected chi connectivity index (χ2v) is 7.87. The number of ether oxygens (including phenoxy) is 2. The smallest absolute Gasteiger partial charge is 0.324 e. The molecule has 0 unspecified atom stereocenters. The predicted octanol–water partition coefficient (Wildman–Crippen LogP) is 4.64. The minimum atomic E-state index is -0.319. The van der Waals surface area contributed by atoms with E-state index in [1.807, 2.05) is 0 Å². The number of nitrogens with zero attached hydrogens (tertiary/aromatic N) is 2. The molecule has 0 radical (unpaired) electrons. The Labute approximate surface area is 190 Å². The summed E-state index contributed by atoms with van der Waals surface area (Å²) in [5.74, 6) is 0.645. The van der Waals surface area contributed by atoms with Crippen LogP contribution in [-0.4, -0.2) is 36.7 Å². The molecule has 0 saturated carbocycles. The molecule has 1 saturated heterocycles. The van der Waals surface area contributed by atoms with Crippen molar-refractivity contribution in [3.8, 4) is 11.5 Å². The van der Waals surface area contributed by atoms with E-state index in [-0.39, 0.29) is 31.1 Å². The lowest BCUT2D eigenvalue weighted by Crippen LogP contribution is -2.49. The zero-order valence-corrected chi connectivity index (χ0v) is 17.8. The van der Waals surface area contributed by atoms with Gasteiger partial charge in [0.2, 0.25) is 6.79 Å². The Kier molecular flexibility index (Phi) is 5.56. The quantitative estimate of drug-likeness (QED) is 0.619. The molecule has 0 spiro atoms. The van der Waals surface area contributed by atoms with Gasteiger partial charge in [-0.2, -0.15) is 0 Å². The van der Waals surface area contributed by atoms with Gasteiger partial charge in [0.1, 0.15) is 5.82 Å². The Bertz CT molecular complexity index is 1200. The zero-order valence-electron chi connectivity index (χ0n) is 17.8. The molecule has 7 nitrogen and oxygen atoms in total. The molecule has 0 aromatic heterocycles. The van der Waals surface area contributed by atoms with Crippen molar-refractivity contribution in [3.05, 3.63) is 83.7 Å². The predicted molar refractivity (Wildman–Crippen MR) is 121 cm³/mol. The molecular formula is C25H22FN3O4. The third-order valence-corrected chi connectivity index (χ3v) is 5.70. The first-order chi connectivity index (χ1) is 16.1. The Morgan fingerprint density at radius 1 is 0.970 bits per heavy atom. The number of halogens is 1. The molecule has 0 aliphatic carbocycles. The number of fused-ring (bicyclic) bond motifs is 1. The first-order valence-electron chi connectivity index (χ1n) is 10.7. The molecule has 1 fully saturated rings. The van der Waals surface area contributed by atoms with Gasteiger partial charge in [-0.3, -0.25) is 9.69 Å². The molecule has 0 atom stereocenters. The number of hydrogen-bond acceptors (Lipinski definition) is 4. The van der Waals surface area contributed by atoms with Crippen LogP contribution in [0.4, 0.5) is 20.6 Å². The number of rotatable bonds is 5. The second kappa shape index (κ2) is 8.82. The lowest BCUT2D eigenvalue weighted by Gasteiger charge is -2.35.